The van der Waals surface area contributed by atoms with Crippen LogP contribution in [0.2, 0.25) is 0 Å². The number of likely N-dealkylation sites (N-methyl/N-ethyl adjacent to an activating group) is 1. The van der Waals surface area contributed by atoms with Crippen molar-refractivity contribution in [3.8, 4) is 6.07 Å². The molecule has 0 radical (unpaired) electrons. The van der Waals surface area contributed by atoms with Gasteiger partial charge in [0.05, 0.1) is 17.8 Å². The molecule has 1 amide bonds. The summed E-state index contributed by atoms with van der Waals surface area (Å²) in [6.45, 7) is 6.47. The summed E-state index contributed by atoms with van der Waals surface area (Å²) < 4.78 is 0. The number of hydrogen-bond acceptors (Lipinski definition) is 4. The molecule has 0 saturated carbocycles. The first-order chi connectivity index (χ1) is 10.0. The smallest absolute Gasteiger partial charge is 0.238 e. The maximum Gasteiger partial charge on any atom is 0.238 e. The number of benzene rings is 1. The summed E-state index contributed by atoms with van der Waals surface area (Å²) in [5, 5.41) is 11.9. The van der Waals surface area contributed by atoms with Crippen molar-refractivity contribution < 1.29 is 4.79 Å². The Bertz CT molecular complexity index is 539. The lowest BCUT2D eigenvalue weighted by atomic mass is 10.1. The third kappa shape index (κ3) is 3.81. The van der Waals surface area contributed by atoms with E-state index >= 15 is 0 Å². The lowest BCUT2D eigenvalue weighted by molar-refractivity contribution is -0.118. The highest BCUT2D eigenvalue weighted by Gasteiger charge is 2.27. The van der Waals surface area contributed by atoms with E-state index < -0.39 is 0 Å². The van der Waals surface area contributed by atoms with Gasteiger partial charge in [-0.25, -0.2) is 0 Å². The topological polar surface area (TPSA) is 59.4 Å². The van der Waals surface area contributed by atoms with E-state index in [4.69, 9.17) is 5.26 Å². The molecule has 0 spiro atoms. The van der Waals surface area contributed by atoms with Gasteiger partial charge in [-0.05, 0) is 33.0 Å². The number of para-hydroxylation sites is 1. The van der Waals surface area contributed by atoms with Crippen LogP contribution in [0.3, 0.4) is 0 Å². The number of nitrogens with one attached hydrogen (secondary N) is 1. The molecule has 1 aromatic rings. The Hall–Kier alpha value is -1.90. The van der Waals surface area contributed by atoms with Crippen LogP contribution in [0.5, 0.6) is 0 Å². The maximum atomic E-state index is 12.2. The molecule has 0 bridgehead atoms. The molecule has 2 atom stereocenters. The molecule has 0 aliphatic carbocycles. The van der Waals surface area contributed by atoms with E-state index in [1.807, 2.05) is 6.07 Å². The summed E-state index contributed by atoms with van der Waals surface area (Å²) in [5.41, 5.74) is 1.08. The Morgan fingerprint density at radius 1 is 1.33 bits per heavy atom. The van der Waals surface area contributed by atoms with E-state index in [0.717, 1.165) is 13.1 Å². The fraction of sp³-hybridized carbons (Fsp3) is 0.500. The van der Waals surface area contributed by atoms with E-state index in [9.17, 15) is 4.79 Å². The van der Waals surface area contributed by atoms with Gasteiger partial charge in [0, 0.05) is 25.2 Å². The van der Waals surface area contributed by atoms with Gasteiger partial charge >= 0.3 is 0 Å². The van der Waals surface area contributed by atoms with Crippen molar-refractivity contribution in [3.05, 3.63) is 29.8 Å². The number of anilines is 1. The lowest BCUT2D eigenvalue weighted by Crippen LogP contribution is -2.56. The standard InChI is InChI=1S/C16H22N4O/c1-12-9-20(10-13(2)19(12)3)11-16(21)18-15-7-5-4-6-14(15)8-17/h4-7,12-13H,9-11H2,1-3H3,(H,18,21). The van der Waals surface area contributed by atoms with Crippen molar-refractivity contribution in [1.29, 1.82) is 5.26 Å². The normalized spacial score (nSPS) is 23.5. The fourth-order valence-corrected chi connectivity index (χ4v) is 2.73. The molecule has 1 aromatic carbocycles. The number of rotatable bonds is 3. The third-order valence-corrected chi connectivity index (χ3v) is 4.12. The van der Waals surface area contributed by atoms with E-state index in [0.29, 0.717) is 29.9 Å². The molecule has 2 rings (SSSR count). The van der Waals surface area contributed by atoms with Crippen LogP contribution in [0.4, 0.5) is 5.69 Å². The summed E-state index contributed by atoms with van der Waals surface area (Å²) in [4.78, 5) is 16.7. The van der Waals surface area contributed by atoms with Crippen LogP contribution in [-0.4, -0.2) is 54.5 Å². The molecule has 1 aliphatic rings. The summed E-state index contributed by atoms with van der Waals surface area (Å²) >= 11 is 0. The first kappa shape index (κ1) is 15.5. The number of carbonyl (C=O) groups excluding carboxylic acids is 1. The summed E-state index contributed by atoms with van der Waals surface area (Å²) in [7, 11) is 2.12. The summed E-state index contributed by atoms with van der Waals surface area (Å²) in [6, 6.07) is 10.0. The van der Waals surface area contributed by atoms with Gasteiger partial charge in [-0.1, -0.05) is 12.1 Å². The van der Waals surface area contributed by atoms with Gasteiger partial charge in [0.1, 0.15) is 6.07 Å². The highest BCUT2D eigenvalue weighted by atomic mass is 16.2. The average molecular weight is 286 g/mol. The number of nitriles is 1. The predicted octanol–water partition coefficient (Wildman–Crippen LogP) is 1.52. The first-order valence-corrected chi connectivity index (χ1v) is 7.24. The minimum Gasteiger partial charge on any atom is -0.324 e. The van der Waals surface area contributed by atoms with E-state index in [-0.39, 0.29) is 5.91 Å². The second-order valence-corrected chi connectivity index (χ2v) is 5.76. The predicted molar refractivity (Wildman–Crippen MR) is 82.9 cm³/mol. The number of amides is 1. The Morgan fingerprint density at radius 2 is 1.95 bits per heavy atom. The van der Waals surface area contributed by atoms with Gasteiger partial charge in [0.15, 0.2) is 0 Å². The molecule has 5 heteroatoms. The number of hydrogen-bond donors (Lipinski definition) is 1. The molecule has 1 aliphatic heterocycles. The zero-order valence-electron chi connectivity index (χ0n) is 12.8. The molecule has 2 unspecified atom stereocenters. The van der Waals surface area contributed by atoms with Crippen LogP contribution in [0.1, 0.15) is 19.4 Å². The van der Waals surface area contributed by atoms with E-state index in [1.54, 1.807) is 18.2 Å². The molecule has 5 nitrogen and oxygen atoms in total. The van der Waals surface area contributed by atoms with Gasteiger partial charge < -0.3 is 5.32 Å². The second-order valence-electron chi connectivity index (χ2n) is 5.76. The molecule has 1 saturated heterocycles. The highest BCUT2D eigenvalue weighted by Crippen LogP contribution is 2.15. The van der Waals surface area contributed by atoms with E-state index in [1.165, 1.54) is 0 Å². The summed E-state index contributed by atoms with van der Waals surface area (Å²) in [5.74, 6) is -0.0679. The second kappa shape index (κ2) is 6.70. The van der Waals surface area contributed by atoms with Crippen LogP contribution in [0.25, 0.3) is 0 Å². The van der Waals surface area contributed by atoms with Gasteiger partial charge in [0.2, 0.25) is 5.91 Å². The van der Waals surface area contributed by atoms with Crippen LogP contribution in [-0.2, 0) is 4.79 Å². The van der Waals surface area contributed by atoms with Gasteiger partial charge in [-0.15, -0.1) is 0 Å². The van der Waals surface area contributed by atoms with Crippen molar-refractivity contribution in [2.75, 3.05) is 32.0 Å². The maximum absolute atomic E-state index is 12.2. The molecular weight excluding hydrogens is 264 g/mol. The summed E-state index contributed by atoms with van der Waals surface area (Å²) in [6.07, 6.45) is 0. The largest absolute Gasteiger partial charge is 0.324 e. The quantitative estimate of drug-likeness (QED) is 0.915. The van der Waals surface area contributed by atoms with Crippen LogP contribution in [0, 0.1) is 11.3 Å². The molecule has 1 N–H and O–H groups in total. The van der Waals surface area contributed by atoms with Gasteiger partial charge in [-0.2, -0.15) is 5.26 Å². The zero-order chi connectivity index (χ0) is 15.4. The number of piperazine rings is 1. The Kier molecular flexibility index (Phi) is 4.94. The van der Waals surface area contributed by atoms with Crippen molar-refractivity contribution in [2.45, 2.75) is 25.9 Å². The van der Waals surface area contributed by atoms with Crippen molar-refractivity contribution in [3.63, 3.8) is 0 Å². The van der Waals surface area contributed by atoms with Crippen molar-refractivity contribution in [2.24, 2.45) is 0 Å². The molecule has 1 heterocycles. The zero-order valence-corrected chi connectivity index (χ0v) is 12.8. The van der Waals surface area contributed by atoms with Crippen LogP contribution < -0.4 is 5.32 Å². The number of carbonyl (C=O) groups is 1. The average Bonchev–Trinajstić information content (AvgIpc) is 2.45. The fourth-order valence-electron chi connectivity index (χ4n) is 2.73. The third-order valence-electron chi connectivity index (χ3n) is 4.12. The minimum atomic E-state index is -0.0679. The van der Waals surface area contributed by atoms with Crippen molar-refractivity contribution >= 4 is 11.6 Å². The molecular formula is C16H22N4O. The molecule has 0 aromatic heterocycles. The Morgan fingerprint density at radius 3 is 2.57 bits per heavy atom. The van der Waals surface area contributed by atoms with Crippen molar-refractivity contribution in [1.82, 2.24) is 9.80 Å². The van der Waals surface area contributed by atoms with Gasteiger partial charge in [0.25, 0.3) is 0 Å². The van der Waals surface area contributed by atoms with Crippen LogP contribution in [0.15, 0.2) is 24.3 Å². The SMILES string of the molecule is CC1CN(CC(=O)Nc2ccccc2C#N)CC(C)N1C. The number of nitrogens with zero attached hydrogens (tertiary/aromatic N) is 3. The minimum absolute atomic E-state index is 0.0679. The molecule has 1 fully saturated rings. The lowest BCUT2D eigenvalue weighted by Gasteiger charge is -2.42. The molecule has 112 valence electrons. The highest BCUT2D eigenvalue weighted by molar-refractivity contribution is 5.93. The van der Waals surface area contributed by atoms with Gasteiger partial charge in [-0.3, -0.25) is 14.6 Å². The van der Waals surface area contributed by atoms with Crippen LogP contribution >= 0.6 is 0 Å². The molecule has 21 heavy (non-hydrogen) atoms. The first-order valence-electron chi connectivity index (χ1n) is 7.24. The Balaban J connectivity index is 1.95. The van der Waals surface area contributed by atoms with E-state index in [2.05, 4.69) is 42.1 Å². The monoisotopic (exact) mass is 286 g/mol. The Labute approximate surface area is 126 Å².